The van der Waals surface area contributed by atoms with E-state index in [4.69, 9.17) is 25.8 Å². The molecule has 2 heterocycles. The molecule has 0 aliphatic carbocycles. The number of carbonyl (C=O) groups excluding carboxylic acids is 2. The Balaban J connectivity index is 1.53. The van der Waals surface area contributed by atoms with Crippen LogP contribution < -0.4 is 4.74 Å². The first-order chi connectivity index (χ1) is 16.5. The van der Waals surface area contributed by atoms with Gasteiger partial charge in [0.25, 0.3) is 0 Å². The molecule has 0 radical (unpaired) electrons. The number of rotatable bonds is 8. The molecule has 1 spiro atoms. The van der Waals surface area contributed by atoms with Crippen LogP contribution in [-0.2, 0) is 20.8 Å². The van der Waals surface area contributed by atoms with Gasteiger partial charge in [0, 0.05) is 36.6 Å². The second kappa shape index (κ2) is 11.8. The van der Waals surface area contributed by atoms with Gasteiger partial charge in [0.05, 0.1) is 12.7 Å². The van der Waals surface area contributed by atoms with Gasteiger partial charge < -0.3 is 19.1 Å². The van der Waals surface area contributed by atoms with Crippen LogP contribution in [0, 0.1) is 0 Å². The van der Waals surface area contributed by atoms with Gasteiger partial charge in [0.15, 0.2) is 0 Å². The zero-order valence-corrected chi connectivity index (χ0v) is 22.7. The van der Waals surface area contributed by atoms with Gasteiger partial charge in [0.2, 0.25) is 0 Å². The van der Waals surface area contributed by atoms with E-state index >= 15 is 0 Å². The third-order valence-corrected chi connectivity index (χ3v) is 6.77. The van der Waals surface area contributed by atoms with Crippen molar-refractivity contribution in [2.75, 3.05) is 26.2 Å². The Labute approximate surface area is 215 Å². The predicted molar refractivity (Wildman–Crippen MR) is 137 cm³/mol. The summed E-state index contributed by atoms with van der Waals surface area (Å²) in [5.74, 6) is 0.506. The molecule has 0 aromatic heterocycles. The number of benzene rings is 1. The molecule has 0 unspecified atom stereocenters. The molecule has 7 nitrogen and oxygen atoms in total. The lowest BCUT2D eigenvalue weighted by molar-refractivity contribution is -0.155. The van der Waals surface area contributed by atoms with E-state index in [0.717, 1.165) is 63.2 Å². The summed E-state index contributed by atoms with van der Waals surface area (Å²) >= 11 is 6.41. The number of ether oxygens (including phenoxy) is 3. The van der Waals surface area contributed by atoms with E-state index in [9.17, 15) is 9.59 Å². The van der Waals surface area contributed by atoms with Crippen LogP contribution in [0.15, 0.2) is 18.2 Å². The number of nitrogens with zero attached hydrogens (tertiary/aromatic N) is 2. The zero-order valence-electron chi connectivity index (χ0n) is 21.9. The standard InChI is InChI=1S/C27H41ClN2O5/c1-20(2)34-25(32)29-13-10-27(11-14-29)9-7-12-30(27)19-21-16-22(28)18-23(17-21)33-15-6-8-24(31)35-26(3,4)5/h16-18,20H,6-15,19H2,1-5H3. The fourth-order valence-corrected chi connectivity index (χ4v) is 5.25. The molecular weight excluding hydrogens is 468 g/mol. The normalized spacial score (nSPS) is 18.2. The molecule has 2 aliphatic rings. The molecule has 1 aromatic rings. The maximum atomic E-state index is 12.3. The lowest BCUT2D eigenvalue weighted by Gasteiger charge is -2.45. The molecule has 0 bridgehead atoms. The van der Waals surface area contributed by atoms with Gasteiger partial charge >= 0.3 is 12.1 Å². The minimum absolute atomic E-state index is 0.0991. The minimum Gasteiger partial charge on any atom is -0.494 e. The Morgan fingerprint density at radius 2 is 1.80 bits per heavy atom. The molecule has 35 heavy (non-hydrogen) atoms. The predicted octanol–water partition coefficient (Wildman–Crippen LogP) is 5.82. The highest BCUT2D eigenvalue weighted by molar-refractivity contribution is 6.30. The van der Waals surface area contributed by atoms with E-state index in [2.05, 4.69) is 4.90 Å². The summed E-state index contributed by atoms with van der Waals surface area (Å²) in [6.45, 7) is 13.1. The molecule has 196 valence electrons. The van der Waals surface area contributed by atoms with Crippen molar-refractivity contribution in [3.8, 4) is 5.75 Å². The highest BCUT2D eigenvalue weighted by atomic mass is 35.5. The first-order valence-electron chi connectivity index (χ1n) is 12.8. The first-order valence-corrected chi connectivity index (χ1v) is 13.2. The summed E-state index contributed by atoms with van der Waals surface area (Å²) in [5.41, 5.74) is 0.758. The second-order valence-electron chi connectivity index (χ2n) is 11.0. The molecule has 8 heteroatoms. The fraction of sp³-hybridized carbons (Fsp3) is 0.704. The van der Waals surface area contributed by atoms with Crippen molar-refractivity contribution >= 4 is 23.7 Å². The Kier molecular flexibility index (Phi) is 9.33. The van der Waals surface area contributed by atoms with E-state index in [0.29, 0.717) is 24.5 Å². The van der Waals surface area contributed by atoms with Crippen molar-refractivity contribution in [2.24, 2.45) is 0 Å². The molecule has 0 N–H and O–H groups in total. The van der Waals surface area contributed by atoms with Gasteiger partial charge in [-0.2, -0.15) is 0 Å². The summed E-state index contributed by atoms with van der Waals surface area (Å²) in [4.78, 5) is 28.6. The Morgan fingerprint density at radius 3 is 2.46 bits per heavy atom. The largest absolute Gasteiger partial charge is 0.494 e. The van der Waals surface area contributed by atoms with Crippen molar-refractivity contribution in [3.05, 3.63) is 28.8 Å². The average molecular weight is 509 g/mol. The van der Waals surface area contributed by atoms with Gasteiger partial charge in [0.1, 0.15) is 11.4 Å². The van der Waals surface area contributed by atoms with Crippen LogP contribution in [0.5, 0.6) is 5.75 Å². The fourth-order valence-electron chi connectivity index (χ4n) is 5.00. The zero-order chi connectivity index (χ0) is 25.6. The first kappa shape index (κ1) is 27.6. The quantitative estimate of drug-likeness (QED) is 0.326. The topological polar surface area (TPSA) is 68.3 Å². The van der Waals surface area contributed by atoms with Crippen LogP contribution in [-0.4, -0.2) is 65.3 Å². The summed E-state index contributed by atoms with van der Waals surface area (Å²) in [7, 11) is 0. The minimum atomic E-state index is -0.471. The van der Waals surface area contributed by atoms with Crippen LogP contribution in [0.3, 0.4) is 0 Å². The van der Waals surface area contributed by atoms with Crippen molar-refractivity contribution in [3.63, 3.8) is 0 Å². The molecule has 1 aromatic carbocycles. The van der Waals surface area contributed by atoms with Gasteiger partial charge in [-0.25, -0.2) is 4.79 Å². The van der Waals surface area contributed by atoms with E-state index in [-0.39, 0.29) is 23.7 Å². The maximum Gasteiger partial charge on any atom is 0.410 e. The van der Waals surface area contributed by atoms with Crippen molar-refractivity contribution in [2.45, 2.75) is 96.9 Å². The van der Waals surface area contributed by atoms with Crippen LogP contribution in [0.4, 0.5) is 4.79 Å². The number of carbonyl (C=O) groups is 2. The van der Waals surface area contributed by atoms with Crippen LogP contribution >= 0.6 is 11.6 Å². The molecule has 1 amide bonds. The highest BCUT2D eigenvalue weighted by Crippen LogP contribution is 2.40. The van der Waals surface area contributed by atoms with E-state index in [1.165, 1.54) is 0 Å². The third kappa shape index (κ3) is 8.28. The maximum absolute atomic E-state index is 12.3. The van der Waals surface area contributed by atoms with Gasteiger partial charge in [-0.3, -0.25) is 9.69 Å². The molecule has 2 fully saturated rings. The van der Waals surface area contributed by atoms with Crippen LogP contribution in [0.25, 0.3) is 0 Å². The van der Waals surface area contributed by atoms with Gasteiger partial charge in [-0.05, 0) is 97.0 Å². The lowest BCUT2D eigenvalue weighted by Crippen LogP contribution is -2.53. The number of piperidine rings is 1. The van der Waals surface area contributed by atoms with Crippen molar-refractivity contribution in [1.29, 1.82) is 0 Å². The molecule has 0 saturated carbocycles. The average Bonchev–Trinajstić information content (AvgIpc) is 3.11. The van der Waals surface area contributed by atoms with Crippen LogP contribution in [0.1, 0.15) is 78.7 Å². The number of likely N-dealkylation sites (tertiary alicyclic amines) is 2. The Hall–Kier alpha value is -1.99. The van der Waals surface area contributed by atoms with Crippen molar-refractivity contribution in [1.82, 2.24) is 9.80 Å². The summed E-state index contributed by atoms with van der Waals surface area (Å²) < 4.78 is 16.6. The number of amides is 1. The number of halogens is 1. The SMILES string of the molecule is CC(C)OC(=O)N1CCC2(CCCN2Cc2cc(Cl)cc(OCCCC(=O)OC(C)(C)C)c2)CC1. The number of hydrogen-bond acceptors (Lipinski definition) is 6. The number of hydrogen-bond donors (Lipinski definition) is 0. The van der Waals surface area contributed by atoms with E-state index < -0.39 is 5.60 Å². The highest BCUT2D eigenvalue weighted by Gasteiger charge is 2.44. The van der Waals surface area contributed by atoms with E-state index in [1.807, 2.05) is 57.7 Å². The third-order valence-electron chi connectivity index (χ3n) is 6.55. The molecule has 0 atom stereocenters. The smallest absolute Gasteiger partial charge is 0.410 e. The summed E-state index contributed by atoms with van der Waals surface area (Å²) in [6, 6.07) is 5.86. The molecule has 2 aliphatic heterocycles. The van der Waals surface area contributed by atoms with Gasteiger partial charge in [-0.15, -0.1) is 0 Å². The summed E-state index contributed by atoms with van der Waals surface area (Å²) in [5, 5.41) is 0.643. The Morgan fingerprint density at radius 1 is 1.09 bits per heavy atom. The monoisotopic (exact) mass is 508 g/mol. The van der Waals surface area contributed by atoms with Crippen LogP contribution in [0.2, 0.25) is 5.02 Å². The summed E-state index contributed by atoms with van der Waals surface area (Å²) in [6.07, 6.45) is 4.81. The van der Waals surface area contributed by atoms with Gasteiger partial charge in [-0.1, -0.05) is 11.6 Å². The lowest BCUT2D eigenvalue weighted by atomic mass is 9.85. The Bertz CT molecular complexity index is 875. The molecular formula is C27H41ClN2O5. The number of esters is 1. The van der Waals surface area contributed by atoms with E-state index in [1.54, 1.807) is 0 Å². The van der Waals surface area contributed by atoms with Crippen molar-refractivity contribution < 1.29 is 23.8 Å². The second-order valence-corrected chi connectivity index (χ2v) is 11.4. The molecule has 3 rings (SSSR count). The molecule has 2 saturated heterocycles.